The first-order chi connectivity index (χ1) is 7.20. The summed E-state index contributed by atoms with van der Waals surface area (Å²) < 4.78 is 25.9. The van der Waals surface area contributed by atoms with Gasteiger partial charge in [0.05, 0.1) is 0 Å². The molecular weight excluding hydrogens is 235 g/mol. The number of hydrogen-bond acceptors (Lipinski definition) is 6. The summed E-state index contributed by atoms with van der Waals surface area (Å²) in [5.74, 6) is -0.804. The standard InChI is InChI=1S/C8H15N2O5P/c1-8(2,3)15-7(11)6(10-9)16(12,13-4)14-5/h1-5H3/p+1. The number of ether oxygens (including phenoxy) is 1. The van der Waals surface area contributed by atoms with Crippen LogP contribution in [-0.4, -0.2) is 24.9 Å². The van der Waals surface area contributed by atoms with Gasteiger partial charge in [-0.2, -0.15) is 0 Å². The molecule has 0 bridgehead atoms. The van der Waals surface area contributed by atoms with E-state index in [2.05, 4.69) is 14.0 Å². The van der Waals surface area contributed by atoms with Gasteiger partial charge in [-0.15, -0.1) is 0 Å². The zero-order chi connectivity index (χ0) is 13.0. The van der Waals surface area contributed by atoms with Gasteiger partial charge in [0.15, 0.2) is 4.98 Å². The van der Waals surface area contributed by atoms with E-state index in [0.29, 0.717) is 0 Å². The van der Waals surface area contributed by atoms with Crippen molar-refractivity contribution in [3.8, 4) is 0 Å². The Labute approximate surface area is 94.2 Å². The van der Waals surface area contributed by atoms with Crippen LogP contribution in [0, 0.1) is 5.39 Å². The van der Waals surface area contributed by atoms with Crippen molar-refractivity contribution in [2.24, 2.45) is 0 Å². The molecule has 0 heterocycles. The van der Waals surface area contributed by atoms with Gasteiger partial charge >= 0.3 is 19.0 Å². The molecule has 0 saturated carbocycles. The summed E-state index contributed by atoms with van der Waals surface area (Å²) in [7, 11) is -1.65. The molecule has 0 aliphatic carbocycles. The smallest absolute Gasteiger partial charge is 0.475 e. The Morgan fingerprint density at radius 1 is 1.31 bits per heavy atom. The predicted molar refractivity (Wildman–Crippen MR) is 57.2 cm³/mol. The first-order valence-electron chi connectivity index (χ1n) is 4.39. The van der Waals surface area contributed by atoms with Crippen molar-refractivity contribution in [1.29, 1.82) is 5.39 Å². The Balaban J connectivity index is 5.36. The van der Waals surface area contributed by atoms with Gasteiger partial charge < -0.3 is 18.9 Å². The van der Waals surface area contributed by atoms with Crippen molar-refractivity contribution in [2.45, 2.75) is 26.4 Å². The molecule has 0 radical (unpaired) electrons. The van der Waals surface area contributed by atoms with E-state index in [0.717, 1.165) is 14.2 Å². The maximum absolute atomic E-state index is 11.8. The van der Waals surface area contributed by atoms with Crippen LogP contribution in [0.25, 0.3) is 4.98 Å². The maximum atomic E-state index is 11.8. The molecule has 0 aliphatic heterocycles. The summed E-state index contributed by atoms with van der Waals surface area (Å²) in [5, 5.41) is 18.2. The third-order valence-corrected chi connectivity index (χ3v) is 3.19. The molecule has 0 aromatic heterocycles. The predicted octanol–water partition coefficient (Wildman–Crippen LogP) is 2.83. The van der Waals surface area contributed by atoms with Crippen LogP contribution >= 0.6 is 7.60 Å². The lowest BCUT2D eigenvalue weighted by Gasteiger charge is -2.19. The van der Waals surface area contributed by atoms with Crippen LogP contribution in [-0.2, 0) is 18.3 Å². The molecule has 0 amide bonds. The molecule has 0 aromatic rings. The molecule has 7 nitrogen and oxygen atoms in total. The molecule has 1 N–H and O–H groups in total. The van der Waals surface area contributed by atoms with E-state index in [-0.39, 0.29) is 0 Å². The van der Waals surface area contributed by atoms with Crippen molar-refractivity contribution < 1.29 is 23.5 Å². The topological polar surface area (TPSA) is 93.1 Å². The van der Waals surface area contributed by atoms with Crippen LogP contribution < -0.4 is 0 Å². The van der Waals surface area contributed by atoms with Gasteiger partial charge in [-0.1, -0.05) is 0 Å². The quantitative estimate of drug-likeness (QED) is 0.469. The molecule has 0 aromatic carbocycles. The molecule has 0 spiro atoms. The summed E-state index contributed by atoms with van der Waals surface area (Å²) in [6.07, 6.45) is 0. The van der Waals surface area contributed by atoms with E-state index in [1.165, 1.54) is 0 Å². The molecule has 92 valence electrons. The number of aliphatic hydroxyl groups excluding tert-OH is 1. The lowest BCUT2D eigenvalue weighted by molar-refractivity contribution is -0.0158. The normalized spacial score (nSPS) is 14.0. The Morgan fingerprint density at radius 3 is 2.00 bits per heavy atom. The van der Waals surface area contributed by atoms with Crippen molar-refractivity contribution >= 4 is 7.60 Å². The van der Waals surface area contributed by atoms with Crippen LogP contribution in [0.5, 0.6) is 0 Å². The van der Waals surface area contributed by atoms with Crippen LogP contribution in [0.3, 0.4) is 0 Å². The van der Waals surface area contributed by atoms with Gasteiger partial charge in [-0.25, -0.2) is 4.57 Å². The first-order valence-corrected chi connectivity index (χ1v) is 5.94. The van der Waals surface area contributed by atoms with E-state index in [9.17, 15) is 9.67 Å². The molecule has 16 heavy (non-hydrogen) atoms. The van der Waals surface area contributed by atoms with E-state index >= 15 is 0 Å². The SMILES string of the molecule is COP(=O)(OC)/C([N+]#N)=C(\O)OC(C)(C)C. The van der Waals surface area contributed by atoms with Gasteiger partial charge in [-0.3, -0.25) is 0 Å². The molecular formula is C8H16N2O5P+. The van der Waals surface area contributed by atoms with E-state index in [4.69, 9.17) is 10.1 Å². The lowest BCUT2D eigenvalue weighted by Crippen LogP contribution is -2.19. The number of nitrogens with zero attached hydrogens (tertiary/aromatic N) is 2. The second-order valence-electron chi connectivity index (χ2n) is 3.81. The fourth-order valence-electron chi connectivity index (χ4n) is 0.798. The summed E-state index contributed by atoms with van der Waals surface area (Å²) in [5.41, 5.74) is -1.42. The summed E-state index contributed by atoms with van der Waals surface area (Å²) in [6.45, 7) is 4.97. The number of aliphatic hydroxyl groups is 1. The minimum absolute atomic E-state index is 0.674. The molecule has 0 unspecified atom stereocenters. The summed E-state index contributed by atoms with van der Waals surface area (Å²) in [6, 6.07) is 0. The minimum Gasteiger partial charge on any atom is -0.475 e. The molecule has 0 rings (SSSR count). The van der Waals surface area contributed by atoms with Crippen LogP contribution in [0.2, 0.25) is 0 Å². The van der Waals surface area contributed by atoms with E-state index in [1.807, 2.05) is 0 Å². The lowest BCUT2D eigenvalue weighted by atomic mass is 10.2. The second-order valence-corrected chi connectivity index (χ2v) is 5.95. The van der Waals surface area contributed by atoms with Crippen LogP contribution in [0.4, 0.5) is 0 Å². The van der Waals surface area contributed by atoms with Gasteiger partial charge in [0.2, 0.25) is 5.39 Å². The van der Waals surface area contributed by atoms with Gasteiger partial charge in [0.1, 0.15) is 5.60 Å². The minimum atomic E-state index is -3.85. The summed E-state index contributed by atoms with van der Waals surface area (Å²) in [4.78, 5) is 2.68. The van der Waals surface area contributed by atoms with E-state index < -0.39 is 24.6 Å². The van der Waals surface area contributed by atoms with Crippen molar-refractivity contribution in [1.82, 2.24) is 0 Å². The van der Waals surface area contributed by atoms with Crippen molar-refractivity contribution in [3.63, 3.8) is 0 Å². The third-order valence-electron chi connectivity index (χ3n) is 1.43. The molecule has 0 aliphatic rings. The molecule has 0 atom stereocenters. The average Bonchev–Trinajstić information content (AvgIpc) is 2.15. The highest BCUT2D eigenvalue weighted by Crippen LogP contribution is 2.56. The average molecular weight is 251 g/mol. The highest BCUT2D eigenvalue weighted by atomic mass is 31.2. The number of diazo groups is 1. The largest absolute Gasteiger partial charge is 0.548 e. The fourth-order valence-corrected chi connectivity index (χ4v) is 1.68. The third kappa shape index (κ3) is 3.81. The van der Waals surface area contributed by atoms with Gasteiger partial charge in [0.25, 0.3) is 0 Å². The highest BCUT2D eigenvalue weighted by Gasteiger charge is 2.46. The highest BCUT2D eigenvalue weighted by molar-refractivity contribution is 7.58. The van der Waals surface area contributed by atoms with E-state index in [1.54, 1.807) is 20.8 Å². The van der Waals surface area contributed by atoms with Gasteiger partial charge in [-0.05, 0) is 20.8 Å². The number of rotatable bonds is 4. The maximum Gasteiger partial charge on any atom is 0.548 e. The second kappa shape index (κ2) is 5.30. The Morgan fingerprint density at radius 2 is 1.75 bits per heavy atom. The number of hydrogen-bond donors (Lipinski definition) is 1. The van der Waals surface area contributed by atoms with Crippen LogP contribution in [0.15, 0.2) is 11.4 Å². The zero-order valence-corrected chi connectivity index (χ0v) is 10.8. The fraction of sp³-hybridized carbons (Fsp3) is 0.750. The summed E-state index contributed by atoms with van der Waals surface area (Å²) >= 11 is 0. The molecule has 0 fully saturated rings. The first kappa shape index (κ1) is 14.9. The Hall–Kier alpha value is -1.09. The van der Waals surface area contributed by atoms with Crippen LogP contribution in [0.1, 0.15) is 20.8 Å². The van der Waals surface area contributed by atoms with Crippen molar-refractivity contribution in [3.05, 3.63) is 16.4 Å². The molecule has 8 heteroatoms. The Kier molecular flexibility index (Phi) is 4.94. The monoisotopic (exact) mass is 251 g/mol. The van der Waals surface area contributed by atoms with Crippen molar-refractivity contribution in [2.75, 3.05) is 14.2 Å². The van der Waals surface area contributed by atoms with Gasteiger partial charge in [0, 0.05) is 14.2 Å². The Bertz CT molecular complexity index is 358. The molecule has 0 saturated heterocycles. The zero-order valence-electron chi connectivity index (χ0n) is 9.92.